The quantitative estimate of drug-likeness (QED) is 0.703. The van der Waals surface area contributed by atoms with Gasteiger partial charge in [-0.1, -0.05) is 6.07 Å². The van der Waals surface area contributed by atoms with Crippen LogP contribution in [0.3, 0.4) is 0 Å². The summed E-state index contributed by atoms with van der Waals surface area (Å²) in [5, 5.41) is 6.03. The molecule has 5 heteroatoms. The Labute approximate surface area is 105 Å². The molecule has 18 heavy (non-hydrogen) atoms. The number of carbonyl (C=O) groups is 2. The molecule has 0 aliphatic heterocycles. The average Bonchev–Trinajstić information content (AvgIpc) is 2.77. The van der Waals surface area contributed by atoms with Crippen LogP contribution in [0.15, 0.2) is 30.5 Å². The fourth-order valence-corrected chi connectivity index (χ4v) is 1.70. The molecule has 2 rings (SSSR count). The van der Waals surface area contributed by atoms with E-state index in [1.165, 1.54) is 0 Å². The second-order valence-corrected chi connectivity index (χ2v) is 4.33. The number of H-pyrrole nitrogens is 1. The maximum atomic E-state index is 11.7. The van der Waals surface area contributed by atoms with Crippen molar-refractivity contribution in [1.29, 1.82) is 0 Å². The van der Waals surface area contributed by atoms with E-state index in [9.17, 15) is 9.59 Å². The molecule has 94 valence electrons. The molecular formula is C13H15N3O2. The van der Waals surface area contributed by atoms with Crippen LogP contribution in [-0.4, -0.2) is 22.8 Å². The predicted molar refractivity (Wildman–Crippen MR) is 70.2 cm³/mol. The minimum absolute atomic E-state index is 0.0636. The normalized spacial score (nSPS) is 10.6. The van der Waals surface area contributed by atoms with Gasteiger partial charge in [-0.05, 0) is 32.0 Å². The van der Waals surface area contributed by atoms with Crippen molar-refractivity contribution >= 4 is 28.4 Å². The maximum absolute atomic E-state index is 11.7. The number of rotatable bonds is 2. The highest BCUT2D eigenvalue weighted by molar-refractivity contribution is 6.40. The van der Waals surface area contributed by atoms with Gasteiger partial charge in [0, 0.05) is 23.1 Å². The van der Waals surface area contributed by atoms with E-state index in [2.05, 4.69) is 15.6 Å². The molecule has 0 saturated heterocycles. The predicted octanol–water partition coefficient (Wildman–Crippen LogP) is 1.63. The van der Waals surface area contributed by atoms with Crippen LogP contribution >= 0.6 is 0 Å². The van der Waals surface area contributed by atoms with E-state index < -0.39 is 11.8 Å². The van der Waals surface area contributed by atoms with E-state index in [1.807, 2.05) is 18.2 Å². The highest BCUT2D eigenvalue weighted by atomic mass is 16.2. The molecule has 3 N–H and O–H groups in total. The molecule has 1 aromatic heterocycles. The van der Waals surface area contributed by atoms with Crippen LogP contribution < -0.4 is 10.6 Å². The Bertz CT molecular complexity index is 587. The number of anilines is 1. The van der Waals surface area contributed by atoms with Gasteiger partial charge in [-0.3, -0.25) is 9.59 Å². The number of carbonyl (C=O) groups excluding carboxylic acids is 2. The van der Waals surface area contributed by atoms with E-state index >= 15 is 0 Å². The zero-order chi connectivity index (χ0) is 13.1. The molecule has 1 aromatic carbocycles. The second kappa shape index (κ2) is 4.91. The van der Waals surface area contributed by atoms with Gasteiger partial charge >= 0.3 is 11.8 Å². The third kappa shape index (κ3) is 2.51. The Balaban J connectivity index is 2.16. The van der Waals surface area contributed by atoms with Gasteiger partial charge in [0.25, 0.3) is 0 Å². The fraction of sp³-hybridized carbons (Fsp3) is 0.231. The number of benzene rings is 1. The van der Waals surface area contributed by atoms with Crippen molar-refractivity contribution in [3.63, 3.8) is 0 Å². The molecule has 1 heterocycles. The topological polar surface area (TPSA) is 74.0 Å². The summed E-state index contributed by atoms with van der Waals surface area (Å²) < 4.78 is 0. The van der Waals surface area contributed by atoms with E-state index in [0.717, 1.165) is 10.9 Å². The second-order valence-electron chi connectivity index (χ2n) is 4.33. The number of amides is 2. The molecule has 0 bridgehead atoms. The summed E-state index contributed by atoms with van der Waals surface area (Å²) in [6.45, 7) is 3.61. The monoisotopic (exact) mass is 245 g/mol. The standard InChI is InChI=1S/C13H15N3O2/c1-8(2)15-12(17)13(18)16-11-5-3-4-10-9(11)6-7-14-10/h3-8,14H,1-2H3,(H,15,17)(H,16,18). The molecule has 0 saturated carbocycles. The van der Waals surface area contributed by atoms with Gasteiger partial charge in [-0.25, -0.2) is 0 Å². The van der Waals surface area contributed by atoms with Gasteiger partial charge in [-0.15, -0.1) is 0 Å². The number of aromatic amines is 1. The van der Waals surface area contributed by atoms with Crippen molar-refractivity contribution in [2.45, 2.75) is 19.9 Å². The minimum atomic E-state index is -0.655. The van der Waals surface area contributed by atoms with Crippen molar-refractivity contribution in [2.24, 2.45) is 0 Å². The van der Waals surface area contributed by atoms with Crippen LogP contribution in [0.25, 0.3) is 10.9 Å². The third-order valence-corrected chi connectivity index (χ3v) is 2.47. The Morgan fingerprint density at radius 2 is 1.94 bits per heavy atom. The molecule has 0 radical (unpaired) electrons. The van der Waals surface area contributed by atoms with Gasteiger partial charge < -0.3 is 15.6 Å². The number of hydrogen-bond acceptors (Lipinski definition) is 2. The van der Waals surface area contributed by atoms with Crippen LogP contribution in [0.5, 0.6) is 0 Å². The molecule has 0 spiro atoms. The summed E-state index contributed by atoms with van der Waals surface area (Å²) in [5.74, 6) is -1.28. The molecule has 2 aromatic rings. The van der Waals surface area contributed by atoms with Crippen molar-refractivity contribution in [1.82, 2.24) is 10.3 Å². The van der Waals surface area contributed by atoms with Gasteiger partial charge in [0.2, 0.25) is 0 Å². The van der Waals surface area contributed by atoms with Crippen LogP contribution in [0.1, 0.15) is 13.8 Å². The Morgan fingerprint density at radius 3 is 2.67 bits per heavy atom. The van der Waals surface area contributed by atoms with E-state index in [0.29, 0.717) is 5.69 Å². The lowest BCUT2D eigenvalue weighted by molar-refractivity contribution is -0.136. The van der Waals surface area contributed by atoms with Gasteiger partial charge in [0.15, 0.2) is 0 Å². The van der Waals surface area contributed by atoms with E-state index in [1.54, 1.807) is 26.1 Å². The van der Waals surface area contributed by atoms with E-state index in [4.69, 9.17) is 0 Å². The van der Waals surface area contributed by atoms with Crippen molar-refractivity contribution < 1.29 is 9.59 Å². The van der Waals surface area contributed by atoms with Gasteiger partial charge in [-0.2, -0.15) is 0 Å². The first kappa shape index (κ1) is 12.2. The maximum Gasteiger partial charge on any atom is 0.313 e. The van der Waals surface area contributed by atoms with Crippen LogP contribution in [0, 0.1) is 0 Å². The van der Waals surface area contributed by atoms with Gasteiger partial charge in [0.1, 0.15) is 0 Å². The SMILES string of the molecule is CC(C)NC(=O)C(=O)Nc1cccc2[nH]ccc12. The van der Waals surface area contributed by atoms with Crippen LogP contribution in [0.2, 0.25) is 0 Å². The fourth-order valence-electron chi connectivity index (χ4n) is 1.70. The molecule has 2 amide bonds. The number of hydrogen-bond donors (Lipinski definition) is 3. The zero-order valence-corrected chi connectivity index (χ0v) is 10.3. The van der Waals surface area contributed by atoms with E-state index in [-0.39, 0.29) is 6.04 Å². The Morgan fingerprint density at radius 1 is 1.17 bits per heavy atom. The summed E-state index contributed by atoms with van der Waals surface area (Å²) in [6, 6.07) is 7.27. The van der Waals surface area contributed by atoms with Crippen molar-refractivity contribution in [3.8, 4) is 0 Å². The highest BCUT2D eigenvalue weighted by Crippen LogP contribution is 2.21. The summed E-state index contributed by atoms with van der Waals surface area (Å²) in [5.41, 5.74) is 1.54. The lowest BCUT2D eigenvalue weighted by atomic mass is 10.2. The number of aromatic nitrogens is 1. The first-order valence-corrected chi connectivity index (χ1v) is 5.76. The molecule has 0 fully saturated rings. The minimum Gasteiger partial charge on any atom is -0.361 e. The summed E-state index contributed by atoms with van der Waals surface area (Å²) in [7, 11) is 0. The Hall–Kier alpha value is -2.30. The first-order valence-electron chi connectivity index (χ1n) is 5.76. The van der Waals surface area contributed by atoms with Crippen LogP contribution in [0.4, 0.5) is 5.69 Å². The molecule has 5 nitrogen and oxygen atoms in total. The largest absolute Gasteiger partial charge is 0.361 e. The first-order chi connectivity index (χ1) is 8.58. The highest BCUT2D eigenvalue weighted by Gasteiger charge is 2.15. The summed E-state index contributed by atoms with van der Waals surface area (Å²) in [4.78, 5) is 26.2. The van der Waals surface area contributed by atoms with Crippen LogP contribution in [-0.2, 0) is 9.59 Å². The smallest absolute Gasteiger partial charge is 0.313 e. The zero-order valence-electron chi connectivity index (χ0n) is 10.3. The molecule has 0 unspecified atom stereocenters. The lowest BCUT2D eigenvalue weighted by Gasteiger charge is -2.09. The molecule has 0 atom stereocenters. The van der Waals surface area contributed by atoms with Crippen molar-refractivity contribution in [2.75, 3.05) is 5.32 Å². The summed E-state index contributed by atoms with van der Waals surface area (Å²) >= 11 is 0. The third-order valence-electron chi connectivity index (χ3n) is 2.47. The molecule has 0 aliphatic carbocycles. The number of fused-ring (bicyclic) bond motifs is 1. The Kier molecular flexibility index (Phi) is 3.32. The van der Waals surface area contributed by atoms with Crippen molar-refractivity contribution in [3.05, 3.63) is 30.5 Å². The summed E-state index contributed by atoms with van der Waals surface area (Å²) in [6.07, 6.45) is 1.79. The van der Waals surface area contributed by atoms with Gasteiger partial charge in [0.05, 0.1) is 5.69 Å². The lowest BCUT2D eigenvalue weighted by Crippen LogP contribution is -2.39. The number of nitrogens with one attached hydrogen (secondary N) is 3. The average molecular weight is 245 g/mol. The molecular weight excluding hydrogens is 230 g/mol. The molecule has 0 aliphatic rings.